The molecule has 84 valence electrons. The molecule has 0 atom stereocenters. The van der Waals surface area contributed by atoms with Gasteiger partial charge in [-0.25, -0.2) is 4.79 Å². The second-order valence-electron chi connectivity index (χ2n) is 3.13. The normalized spacial score (nSPS) is 10.7. The Bertz CT molecular complexity index is 379. The lowest BCUT2D eigenvalue weighted by Crippen LogP contribution is -2.03. The molecule has 0 aliphatic carbocycles. The van der Waals surface area contributed by atoms with Crippen LogP contribution in [0.15, 0.2) is 49.2 Å². The van der Waals surface area contributed by atoms with E-state index in [9.17, 15) is 4.79 Å². The minimum atomic E-state index is -0.727. The van der Waals surface area contributed by atoms with E-state index >= 15 is 0 Å². The quantitative estimate of drug-likeness (QED) is 0.441. The minimum absolute atomic E-state index is 0.150. The van der Waals surface area contributed by atoms with Crippen molar-refractivity contribution in [1.82, 2.24) is 0 Å². The zero-order chi connectivity index (χ0) is 11.8. The number of allylic oxidation sites excluding steroid dienone is 1. The number of carbonyl (C=O) groups is 1. The Kier molecular flexibility index (Phi) is 4.86. The SMILES string of the molecule is C=CCOC(=O)O/C=C(\C)c1ccccc1. The van der Waals surface area contributed by atoms with Crippen molar-refractivity contribution >= 4 is 11.7 Å². The zero-order valence-corrected chi connectivity index (χ0v) is 9.18. The van der Waals surface area contributed by atoms with Crippen molar-refractivity contribution in [3.8, 4) is 0 Å². The summed E-state index contributed by atoms with van der Waals surface area (Å²) in [6, 6.07) is 9.63. The molecule has 0 spiro atoms. The fraction of sp³-hybridized carbons (Fsp3) is 0.154. The molecule has 0 saturated heterocycles. The van der Waals surface area contributed by atoms with Gasteiger partial charge in [-0.1, -0.05) is 43.0 Å². The third-order valence-electron chi connectivity index (χ3n) is 1.88. The van der Waals surface area contributed by atoms with E-state index < -0.39 is 6.16 Å². The summed E-state index contributed by atoms with van der Waals surface area (Å²) in [5.41, 5.74) is 1.86. The van der Waals surface area contributed by atoms with Gasteiger partial charge in [-0.3, -0.25) is 0 Å². The Morgan fingerprint density at radius 2 is 2.06 bits per heavy atom. The first kappa shape index (κ1) is 12.0. The van der Waals surface area contributed by atoms with E-state index in [4.69, 9.17) is 4.74 Å². The van der Waals surface area contributed by atoms with Crippen LogP contribution in [0, 0.1) is 0 Å². The van der Waals surface area contributed by atoms with Gasteiger partial charge in [0.15, 0.2) is 0 Å². The molecule has 3 heteroatoms. The fourth-order valence-corrected chi connectivity index (χ4v) is 1.07. The van der Waals surface area contributed by atoms with E-state index in [1.54, 1.807) is 0 Å². The molecule has 1 aromatic rings. The Morgan fingerprint density at radius 3 is 2.69 bits per heavy atom. The maximum atomic E-state index is 11.0. The highest BCUT2D eigenvalue weighted by atomic mass is 16.7. The topological polar surface area (TPSA) is 35.5 Å². The third kappa shape index (κ3) is 4.00. The molecule has 16 heavy (non-hydrogen) atoms. The van der Waals surface area contributed by atoms with Gasteiger partial charge in [0.2, 0.25) is 0 Å². The van der Waals surface area contributed by atoms with Gasteiger partial charge in [-0.2, -0.15) is 0 Å². The molecule has 0 radical (unpaired) electrons. The van der Waals surface area contributed by atoms with Crippen LogP contribution in [0.4, 0.5) is 4.79 Å². The summed E-state index contributed by atoms with van der Waals surface area (Å²) in [4.78, 5) is 11.0. The van der Waals surface area contributed by atoms with Gasteiger partial charge >= 0.3 is 6.16 Å². The van der Waals surface area contributed by atoms with Crippen molar-refractivity contribution in [3.63, 3.8) is 0 Å². The van der Waals surface area contributed by atoms with Gasteiger partial charge in [-0.05, 0) is 18.1 Å². The number of carbonyl (C=O) groups excluding carboxylic acids is 1. The predicted octanol–water partition coefficient (Wildman–Crippen LogP) is 3.39. The zero-order valence-electron chi connectivity index (χ0n) is 9.18. The molecule has 0 fully saturated rings. The molecular formula is C13H14O3. The lowest BCUT2D eigenvalue weighted by atomic mass is 10.1. The van der Waals surface area contributed by atoms with Crippen LogP contribution < -0.4 is 0 Å². The van der Waals surface area contributed by atoms with Gasteiger partial charge in [-0.15, -0.1) is 0 Å². The largest absolute Gasteiger partial charge is 0.513 e. The minimum Gasteiger partial charge on any atom is -0.430 e. The maximum Gasteiger partial charge on any atom is 0.513 e. The van der Waals surface area contributed by atoms with Gasteiger partial charge in [0.1, 0.15) is 12.9 Å². The summed E-state index contributed by atoms with van der Waals surface area (Å²) < 4.78 is 9.44. The molecule has 0 bridgehead atoms. The van der Waals surface area contributed by atoms with E-state index in [2.05, 4.69) is 11.3 Å². The lowest BCUT2D eigenvalue weighted by molar-refractivity contribution is 0.0947. The molecule has 0 unspecified atom stereocenters. The van der Waals surface area contributed by atoms with Crippen molar-refractivity contribution in [2.45, 2.75) is 6.92 Å². The van der Waals surface area contributed by atoms with Crippen LogP contribution in [-0.4, -0.2) is 12.8 Å². The van der Waals surface area contributed by atoms with Gasteiger partial charge < -0.3 is 9.47 Å². The fourth-order valence-electron chi connectivity index (χ4n) is 1.07. The van der Waals surface area contributed by atoms with Crippen molar-refractivity contribution in [3.05, 3.63) is 54.8 Å². The van der Waals surface area contributed by atoms with E-state index in [1.165, 1.54) is 12.3 Å². The first-order valence-corrected chi connectivity index (χ1v) is 4.90. The smallest absolute Gasteiger partial charge is 0.430 e. The van der Waals surface area contributed by atoms with Crippen LogP contribution in [-0.2, 0) is 9.47 Å². The Hall–Kier alpha value is -2.03. The molecule has 0 amide bonds. The maximum absolute atomic E-state index is 11.0. The number of hydrogen-bond donors (Lipinski definition) is 0. The van der Waals surface area contributed by atoms with Gasteiger partial charge in [0.25, 0.3) is 0 Å². The van der Waals surface area contributed by atoms with Gasteiger partial charge in [0.05, 0.1) is 0 Å². The first-order chi connectivity index (χ1) is 7.74. The molecule has 3 nitrogen and oxygen atoms in total. The summed E-state index contributed by atoms with van der Waals surface area (Å²) in [7, 11) is 0. The summed E-state index contributed by atoms with van der Waals surface area (Å²) in [6.07, 6.45) is 2.13. The average Bonchev–Trinajstić information content (AvgIpc) is 2.34. The summed E-state index contributed by atoms with van der Waals surface area (Å²) in [5.74, 6) is 0. The van der Waals surface area contributed by atoms with Crippen LogP contribution in [0.2, 0.25) is 0 Å². The number of ether oxygens (including phenoxy) is 2. The highest BCUT2D eigenvalue weighted by Crippen LogP contribution is 2.12. The molecular weight excluding hydrogens is 204 g/mol. The van der Waals surface area contributed by atoms with Crippen LogP contribution in [0.25, 0.3) is 5.57 Å². The van der Waals surface area contributed by atoms with Crippen molar-refractivity contribution in [2.75, 3.05) is 6.61 Å². The Labute approximate surface area is 95.0 Å². The molecule has 0 aliphatic rings. The number of hydrogen-bond acceptors (Lipinski definition) is 3. The second-order valence-corrected chi connectivity index (χ2v) is 3.13. The molecule has 1 rings (SSSR count). The molecule has 1 aromatic carbocycles. The summed E-state index contributed by atoms with van der Waals surface area (Å²) in [5, 5.41) is 0. The molecule has 0 N–H and O–H groups in total. The summed E-state index contributed by atoms with van der Waals surface area (Å²) >= 11 is 0. The first-order valence-electron chi connectivity index (χ1n) is 4.90. The van der Waals surface area contributed by atoms with Gasteiger partial charge in [0, 0.05) is 0 Å². The van der Waals surface area contributed by atoms with E-state index in [0.29, 0.717) is 0 Å². The Balaban J connectivity index is 2.51. The molecule has 0 aromatic heterocycles. The molecule has 0 aliphatic heterocycles. The van der Waals surface area contributed by atoms with Crippen molar-refractivity contribution < 1.29 is 14.3 Å². The standard InChI is InChI=1S/C13H14O3/c1-3-9-15-13(14)16-10-11(2)12-7-5-4-6-8-12/h3-8,10H,1,9H2,2H3/b11-10+. The van der Waals surface area contributed by atoms with E-state index in [0.717, 1.165) is 11.1 Å². The highest BCUT2D eigenvalue weighted by Gasteiger charge is 2.00. The van der Waals surface area contributed by atoms with E-state index in [-0.39, 0.29) is 6.61 Å². The number of rotatable bonds is 4. The number of benzene rings is 1. The lowest BCUT2D eigenvalue weighted by Gasteiger charge is -2.02. The molecule has 0 heterocycles. The van der Waals surface area contributed by atoms with Crippen LogP contribution in [0.1, 0.15) is 12.5 Å². The average molecular weight is 218 g/mol. The highest BCUT2D eigenvalue weighted by molar-refractivity contribution is 5.66. The summed E-state index contributed by atoms with van der Waals surface area (Å²) in [6.45, 7) is 5.43. The third-order valence-corrected chi connectivity index (χ3v) is 1.88. The van der Waals surface area contributed by atoms with Crippen molar-refractivity contribution in [1.29, 1.82) is 0 Å². The van der Waals surface area contributed by atoms with Crippen LogP contribution in [0.5, 0.6) is 0 Å². The molecule has 0 saturated carbocycles. The van der Waals surface area contributed by atoms with E-state index in [1.807, 2.05) is 37.3 Å². The van der Waals surface area contributed by atoms with Crippen molar-refractivity contribution in [2.24, 2.45) is 0 Å². The predicted molar refractivity (Wildman–Crippen MR) is 62.7 cm³/mol. The Morgan fingerprint density at radius 1 is 1.38 bits per heavy atom. The monoisotopic (exact) mass is 218 g/mol. The van der Waals surface area contributed by atoms with Crippen LogP contribution >= 0.6 is 0 Å². The second kappa shape index (κ2) is 6.45. The van der Waals surface area contributed by atoms with Crippen LogP contribution in [0.3, 0.4) is 0 Å².